The maximum Gasteiger partial charge on any atom is 0.306 e. The summed E-state index contributed by atoms with van der Waals surface area (Å²) in [6.07, 6.45) is 69.2. The summed E-state index contributed by atoms with van der Waals surface area (Å²) < 4.78 is 16.7. The van der Waals surface area contributed by atoms with Gasteiger partial charge in [0.1, 0.15) is 13.2 Å². The molecule has 1 unspecified atom stereocenters. The Morgan fingerprint density at radius 1 is 0.328 bits per heavy atom. The van der Waals surface area contributed by atoms with Gasteiger partial charge >= 0.3 is 17.9 Å². The van der Waals surface area contributed by atoms with E-state index < -0.39 is 6.10 Å². The van der Waals surface area contributed by atoms with Crippen LogP contribution in [0.15, 0.2) is 109 Å². The van der Waals surface area contributed by atoms with Crippen LogP contribution in [0.5, 0.6) is 0 Å². The van der Waals surface area contributed by atoms with Crippen molar-refractivity contribution >= 4 is 17.9 Å². The average molecular weight is 887 g/mol. The number of rotatable bonds is 45. The van der Waals surface area contributed by atoms with Crippen LogP contribution in [0.4, 0.5) is 0 Å². The van der Waals surface area contributed by atoms with Gasteiger partial charge in [-0.15, -0.1) is 0 Å². The lowest BCUT2D eigenvalue weighted by molar-refractivity contribution is -0.167. The Morgan fingerprint density at radius 2 is 0.609 bits per heavy atom. The fourth-order valence-electron chi connectivity index (χ4n) is 6.83. The first kappa shape index (κ1) is 60.1. The normalized spacial score (nSPS) is 13.0. The molecule has 0 radical (unpaired) electrons. The number of allylic oxidation sites excluding steroid dienone is 18. The molecule has 0 aromatic carbocycles. The van der Waals surface area contributed by atoms with Gasteiger partial charge in [-0.1, -0.05) is 246 Å². The van der Waals surface area contributed by atoms with Crippen LogP contribution in [0.2, 0.25) is 0 Å². The summed E-state index contributed by atoms with van der Waals surface area (Å²) in [5, 5.41) is 0. The average Bonchev–Trinajstić information content (AvgIpc) is 3.29. The molecule has 0 aliphatic heterocycles. The lowest BCUT2D eigenvalue weighted by Crippen LogP contribution is -2.30. The number of esters is 3. The Bertz CT molecular complexity index is 1340. The highest BCUT2D eigenvalue weighted by Gasteiger charge is 2.19. The topological polar surface area (TPSA) is 78.9 Å². The lowest BCUT2D eigenvalue weighted by Gasteiger charge is -2.18. The smallest absolute Gasteiger partial charge is 0.306 e. The third-order valence-electron chi connectivity index (χ3n) is 10.7. The van der Waals surface area contributed by atoms with Crippen LogP contribution in [0.25, 0.3) is 0 Å². The summed E-state index contributed by atoms with van der Waals surface area (Å²) in [6, 6.07) is 0. The number of carbonyl (C=O) groups excluding carboxylic acids is 3. The highest BCUT2D eigenvalue weighted by molar-refractivity contribution is 5.71. The molecule has 0 saturated carbocycles. The Labute approximate surface area is 393 Å². The third-order valence-corrected chi connectivity index (χ3v) is 10.7. The lowest BCUT2D eigenvalue weighted by atomic mass is 10.1. The zero-order chi connectivity index (χ0) is 46.5. The van der Waals surface area contributed by atoms with Gasteiger partial charge in [-0.3, -0.25) is 14.4 Å². The molecule has 0 aliphatic carbocycles. The Hall–Kier alpha value is -3.93. The molecule has 0 aliphatic rings. The molecule has 0 aromatic rings. The molecule has 0 fully saturated rings. The fourth-order valence-corrected chi connectivity index (χ4v) is 6.83. The summed E-state index contributed by atoms with van der Waals surface area (Å²) >= 11 is 0. The second kappa shape index (κ2) is 51.7. The van der Waals surface area contributed by atoms with Crippen molar-refractivity contribution in [1.29, 1.82) is 0 Å². The minimum absolute atomic E-state index is 0.104. The molecular formula is C58H94O6. The van der Waals surface area contributed by atoms with Crippen LogP contribution < -0.4 is 0 Å². The minimum Gasteiger partial charge on any atom is -0.462 e. The quantitative estimate of drug-likeness (QED) is 0.0262. The van der Waals surface area contributed by atoms with Crippen molar-refractivity contribution in [3.05, 3.63) is 109 Å². The van der Waals surface area contributed by atoms with E-state index in [0.717, 1.165) is 83.5 Å². The van der Waals surface area contributed by atoms with Crippen molar-refractivity contribution in [3.8, 4) is 0 Å². The third kappa shape index (κ3) is 49.1. The molecule has 0 bridgehead atoms. The summed E-state index contributed by atoms with van der Waals surface area (Å²) in [4.78, 5) is 38.0. The van der Waals surface area contributed by atoms with E-state index in [0.29, 0.717) is 12.8 Å². The first-order valence-corrected chi connectivity index (χ1v) is 26.0. The van der Waals surface area contributed by atoms with Crippen molar-refractivity contribution in [2.45, 2.75) is 226 Å². The number of unbranched alkanes of at least 4 members (excludes halogenated alkanes) is 23. The van der Waals surface area contributed by atoms with E-state index in [1.54, 1.807) is 0 Å². The van der Waals surface area contributed by atoms with E-state index in [1.165, 1.54) is 96.3 Å². The van der Waals surface area contributed by atoms with E-state index >= 15 is 0 Å². The van der Waals surface area contributed by atoms with E-state index in [9.17, 15) is 14.4 Å². The number of carbonyl (C=O) groups is 3. The molecule has 0 heterocycles. The van der Waals surface area contributed by atoms with Gasteiger partial charge < -0.3 is 14.2 Å². The zero-order valence-corrected chi connectivity index (χ0v) is 41.3. The molecule has 64 heavy (non-hydrogen) atoms. The van der Waals surface area contributed by atoms with E-state index in [2.05, 4.69) is 57.2 Å². The molecule has 0 amide bonds. The molecular weight excluding hydrogens is 793 g/mol. The first-order chi connectivity index (χ1) is 31.5. The van der Waals surface area contributed by atoms with E-state index in [-0.39, 0.29) is 37.5 Å². The van der Waals surface area contributed by atoms with Gasteiger partial charge in [0.15, 0.2) is 6.10 Å². The van der Waals surface area contributed by atoms with Crippen molar-refractivity contribution in [2.24, 2.45) is 0 Å². The molecule has 1 atom stereocenters. The molecule has 0 rings (SSSR count). The predicted octanol–water partition coefficient (Wildman–Crippen LogP) is 17.1. The van der Waals surface area contributed by atoms with E-state index in [1.807, 2.05) is 72.9 Å². The van der Waals surface area contributed by atoms with Crippen LogP contribution in [0.1, 0.15) is 220 Å². The largest absolute Gasteiger partial charge is 0.462 e. The second-order valence-electron chi connectivity index (χ2n) is 16.9. The van der Waals surface area contributed by atoms with Gasteiger partial charge in [0.2, 0.25) is 0 Å². The number of ether oxygens (including phenoxy) is 3. The minimum atomic E-state index is -0.810. The van der Waals surface area contributed by atoms with Crippen molar-refractivity contribution in [3.63, 3.8) is 0 Å². The summed E-state index contributed by atoms with van der Waals surface area (Å²) in [6.45, 7) is 6.41. The summed E-state index contributed by atoms with van der Waals surface area (Å²) in [5.41, 5.74) is 0. The highest BCUT2D eigenvalue weighted by Crippen LogP contribution is 2.14. The van der Waals surface area contributed by atoms with Gasteiger partial charge in [-0.25, -0.2) is 0 Å². The van der Waals surface area contributed by atoms with E-state index in [4.69, 9.17) is 14.2 Å². The monoisotopic (exact) mass is 887 g/mol. The van der Waals surface area contributed by atoms with Crippen LogP contribution in [0, 0.1) is 0 Å². The molecule has 362 valence electrons. The van der Waals surface area contributed by atoms with Crippen molar-refractivity contribution in [2.75, 3.05) is 13.2 Å². The molecule has 0 spiro atoms. The van der Waals surface area contributed by atoms with Crippen LogP contribution in [0.3, 0.4) is 0 Å². The fraction of sp³-hybridized carbons (Fsp3) is 0.638. The Morgan fingerprint density at radius 3 is 0.984 bits per heavy atom. The number of hydrogen-bond acceptors (Lipinski definition) is 6. The van der Waals surface area contributed by atoms with Gasteiger partial charge in [0.05, 0.1) is 0 Å². The van der Waals surface area contributed by atoms with Gasteiger partial charge in [-0.2, -0.15) is 0 Å². The molecule has 6 nitrogen and oxygen atoms in total. The highest BCUT2D eigenvalue weighted by atomic mass is 16.6. The van der Waals surface area contributed by atoms with Crippen LogP contribution >= 0.6 is 0 Å². The van der Waals surface area contributed by atoms with Gasteiger partial charge in [0, 0.05) is 19.3 Å². The summed E-state index contributed by atoms with van der Waals surface area (Å²) in [5.74, 6) is -0.982. The van der Waals surface area contributed by atoms with Crippen LogP contribution in [-0.2, 0) is 28.6 Å². The first-order valence-electron chi connectivity index (χ1n) is 26.0. The predicted molar refractivity (Wildman–Crippen MR) is 274 cm³/mol. The maximum absolute atomic E-state index is 12.8. The standard InChI is InChI=1S/C58H94O6/c1-4-7-10-13-16-19-22-24-26-28-29-30-32-33-36-39-42-45-48-51-57(60)63-54-55(53-62-56(59)50-47-44-41-38-35-21-18-15-12-9-6-3)64-58(61)52-49-46-43-40-37-34-31-27-25-23-20-17-14-11-8-5-2/h7,10,13,16,19,22,24,26-34,36-37,55H,4-6,8-9,11-12,14-15,17-18,20-21,23,25,35,38-54H2,1-3H3/b10-7-,16-13-,22-19-,26-24-,29-28+,31-27-,32-30-,36-33-,37-34-. The molecule has 0 saturated heterocycles. The Balaban J connectivity index is 4.53. The molecule has 0 aromatic heterocycles. The summed E-state index contributed by atoms with van der Waals surface area (Å²) in [7, 11) is 0. The van der Waals surface area contributed by atoms with Crippen molar-refractivity contribution in [1.82, 2.24) is 0 Å². The number of hydrogen-bond donors (Lipinski definition) is 0. The Kier molecular flexibility index (Phi) is 48.5. The van der Waals surface area contributed by atoms with Crippen LogP contribution in [-0.4, -0.2) is 37.2 Å². The molecule has 0 N–H and O–H groups in total. The second-order valence-corrected chi connectivity index (χ2v) is 16.9. The maximum atomic E-state index is 12.8. The van der Waals surface area contributed by atoms with Gasteiger partial charge in [0.25, 0.3) is 0 Å². The van der Waals surface area contributed by atoms with Crippen molar-refractivity contribution < 1.29 is 28.6 Å². The SMILES string of the molecule is CC\C=C/C=C\C=C/C=C\C=C\C=C/C=C\CCCCCC(=O)OCC(COC(=O)CCCCCCCCCCCCC)OC(=O)CCCCC/C=C\C=C/CCCCCCCCC. The molecule has 6 heteroatoms. The zero-order valence-electron chi connectivity index (χ0n) is 41.3. The van der Waals surface area contributed by atoms with Gasteiger partial charge in [-0.05, 0) is 64.2 Å².